The molecule has 1 heterocycles. The van der Waals surface area contributed by atoms with E-state index in [2.05, 4.69) is 48.1 Å². The minimum absolute atomic E-state index is 0.752. The molecule has 1 aromatic carbocycles. The molecular weight excluding hydrogens is 344 g/mol. The maximum absolute atomic E-state index is 5.77. The summed E-state index contributed by atoms with van der Waals surface area (Å²) < 4.78 is 5.77. The number of rotatable bonds is 15. The Labute approximate surface area is 172 Å². The summed E-state index contributed by atoms with van der Waals surface area (Å²) in [4.78, 5) is 8.96. The fourth-order valence-electron chi connectivity index (χ4n) is 3.37. The molecule has 0 unspecified atom stereocenters. The Morgan fingerprint density at radius 2 is 1.25 bits per heavy atom. The van der Waals surface area contributed by atoms with Gasteiger partial charge in [-0.25, -0.2) is 9.97 Å². The normalized spacial score (nSPS) is 10.9. The molecule has 0 amide bonds. The monoisotopic (exact) mass is 382 g/mol. The maximum atomic E-state index is 5.77. The third-order valence-electron chi connectivity index (χ3n) is 5.18. The van der Waals surface area contributed by atoms with E-state index < -0.39 is 0 Å². The molecule has 0 fully saturated rings. The predicted octanol–water partition coefficient (Wildman–Crippen LogP) is 7.40. The number of benzene rings is 1. The molecule has 1 aromatic heterocycles. The lowest BCUT2D eigenvalue weighted by molar-refractivity contribution is 0.302. The molecule has 0 radical (unpaired) electrons. The second-order valence-electron chi connectivity index (χ2n) is 7.72. The van der Waals surface area contributed by atoms with Crippen LogP contribution in [0.3, 0.4) is 0 Å². The summed E-state index contributed by atoms with van der Waals surface area (Å²) in [5, 5.41) is 0. The summed E-state index contributed by atoms with van der Waals surface area (Å²) in [6.45, 7) is 5.26. The summed E-state index contributed by atoms with van der Waals surface area (Å²) in [6, 6.07) is 8.68. The van der Waals surface area contributed by atoms with Crippen molar-refractivity contribution in [3.63, 3.8) is 0 Å². The number of hydrogen-bond acceptors (Lipinski definition) is 3. The van der Waals surface area contributed by atoms with Crippen molar-refractivity contribution >= 4 is 0 Å². The van der Waals surface area contributed by atoms with Gasteiger partial charge in [-0.1, -0.05) is 95.9 Å². The van der Waals surface area contributed by atoms with Gasteiger partial charge < -0.3 is 4.74 Å². The van der Waals surface area contributed by atoms with Gasteiger partial charge in [0.2, 0.25) is 0 Å². The maximum Gasteiger partial charge on any atom is 0.159 e. The number of aryl methyl sites for hydroxylation is 1. The first kappa shape index (κ1) is 22.4. The number of ether oxygens (including phenoxy) is 1. The van der Waals surface area contributed by atoms with Crippen LogP contribution >= 0.6 is 0 Å². The van der Waals surface area contributed by atoms with Crippen molar-refractivity contribution in [2.75, 3.05) is 6.61 Å². The molecule has 0 aliphatic carbocycles. The smallest absolute Gasteiger partial charge is 0.159 e. The Bertz CT molecular complexity index is 622. The predicted molar refractivity (Wildman–Crippen MR) is 119 cm³/mol. The van der Waals surface area contributed by atoms with E-state index in [9.17, 15) is 0 Å². The Morgan fingerprint density at radius 3 is 1.89 bits per heavy atom. The standard InChI is InChI=1S/C25H38N2O/c1-3-5-7-9-11-13-19-28-24-20-26-25(27-21-24)23-17-15-22(16-18-23)14-12-10-8-6-4-2/h15-18,20-21H,3-14,19H2,1-2H3. The fourth-order valence-corrected chi connectivity index (χ4v) is 3.37. The van der Waals surface area contributed by atoms with Crippen LogP contribution in [-0.4, -0.2) is 16.6 Å². The largest absolute Gasteiger partial charge is 0.490 e. The first-order chi connectivity index (χ1) is 13.8. The lowest BCUT2D eigenvalue weighted by Gasteiger charge is -2.07. The Kier molecular flexibility index (Phi) is 11.3. The van der Waals surface area contributed by atoms with Gasteiger partial charge in [0.15, 0.2) is 11.6 Å². The molecule has 3 heteroatoms. The van der Waals surface area contributed by atoms with Crippen LogP contribution in [0.1, 0.15) is 90.0 Å². The highest BCUT2D eigenvalue weighted by Gasteiger charge is 2.03. The molecule has 0 aliphatic rings. The van der Waals surface area contributed by atoms with Crippen LogP contribution in [0, 0.1) is 0 Å². The fraction of sp³-hybridized carbons (Fsp3) is 0.600. The first-order valence-electron chi connectivity index (χ1n) is 11.4. The molecule has 0 saturated carbocycles. The summed E-state index contributed by atoms with van der Waals surface area (Å²) >= 11 is 0. The molecule has 0 spiro atoms. The van der Waals surface area contributed by atoms with Crippen molar-refractivity contribution in [3.8, 4) is 17.1 Å². The summed E-state index contributed by atoms with van der Waals surface area (Å²) in [5.41, 5.74) is 2.47. The number of hydrogen-bond donors (Lipinski definition) is 0. The second-order valence-corrected chi connectivity index (χ2v) is 7.72. The van der Waals surface area contributed by atoms with E-state index in [0.717, 1.165) is 36.6 Å². The molecule has 0 aliphatic heterocycles. The minimum atomic E-state index is 0.752. The average molecular weight is 383 g/mol. The van der Waals surface area contributed by atoms with Gasteiger partial charge in [0.05, 0.1) is 19.0 Å². The molecule has 28 heavy (non-hydrogen) atoms. The van der Waals surface area contributed by atoms with Crippen molar-refractivity contribution < 1.29 is 4.74 Å². The number of nitrogens with zero attached hydrogens (tertiary/aromatic N) is 2. The molecule has 2 aromatic rings. The third kappa shape index (κ3) is 8.86. The van der Waals surface area contributed by atoms with E-state index in [4.69, 9.17) is 4.74 Å². The molecule has 0 saturated heterocycles. The van der Waals surface area contributed by atoms with Gasteiger partial charge in [-0.3, -0.25) is 0 Å². The second kappa shape index (κ2) is 14.1. The average Bonchev–Trinajstić information content (AvgIpc) is 2.74. The van der Waals surface area contributed by atoms with Gasteiger partial charge in [0, 0.05) is 5.56 Å². The van der Waals surface area contributed by atoms with Gasteiger partial charge >= 0.3 is 0 Å². The number of aromatic nitrogens is 2. The van der Waals surface area contributed by atoms with Crippen molar-refractivity contribution in [1.82, 2.24) is 9.97 Å². The molecule has 3 nitrogen and oxygen atoms in total. The van der Waals surface area contributed by atoms with Crippen LogP contribution < -0.4 is 4.74 Å². The minimum Gasteiger partial charge on any atom is -0.490 e. The first-order valence-corrected chi connectivity index (χ1v) is 11.4. The van der Waals surface area contributed by atoms with Gasteiger partial charge in [-0.05, 0) is 24.8 Å². The SMILES string of the molecule is CCCCCCCCOc1cnc(-c2ccc(CCCCCCC)cc2)nc1. The molecule has 2 rings (SSSR count). The van der Waals surface area contributed by atoms with E-state index in [1.165, 1.54) is 69.8 Å². The van der Waals surface area contributed by atoms with Gasteiger partial charge in [0.1, 0.15) is 0 Å². The van der Waals surface area contributed by atoms with Gasteiger partial charge in [-0.15, -0.1) is 0 Å². The van der Waals surface area contributed by atoms with E-state index in [-0.39, 0.29) is 0 Å². The van der Waals surface area contributed by atoms with Crippen LogP contribution in [0.15, 0.2) is 36.7 Å². The van der Waals surface area contributed by atoms with Crippen LogP contribution in [-0.2, 0) is 6.42 Å². The topological polar surface area (TPSA) is 35.0 Å². The van der Waals surface area contributed by atoms with Crippen LogP contribution in [0.2, 0.25) is 0 Å². The Morgan fingerprint density at radius 1 is 0.679 bits per heavy atom. The third-order valence-corrected chi connectivity index (χ3v) is 5.18. The van der Waals surface area contributed by atoms with Gasteiger partial charge in [0.25, 0.3) is 0 Å². The molecular formula is C25H38N2O. The van der Waals surface area contributed by atoms with Crippen molar-refractivity contribution in [3.05, 3.63) is 42.2 Å². The summed E-state index contributed by atoms with van der Waals surface area (Å²) in [6.07, 6.45) is 19.0. The van der Waals surface area contributed by atoms with E-state index >= 15 is 0 Å². The zero-order valence-corrected chi connectivity index (χ0v) is 18.0. The van der Waals surface area contributed by atoms with Gasteiger partial charge in [-0.2, -0.15) is 0 Å². The quantitative estimate of drug-likeness (QED) is 0.301. The molecule has 0 bridgehead atoms. The van der Waals surface area contributed by atoms with Crippen LogP contribution in [0.4, 0.5) is 0 Å². The molecule has 0 N–H and O–H groups in total. The van der Waals surface area contributed by atoms with E-state index in [1.807, 2.05) is 0 Å². The Balaban J connectivity index is 1.70. The van der Waals surface area contributed by atoms with Crippen molar-refractivity contribution in [1.29, 1.82) is 0 Å². The molecule has 154 valence electrons. The molecule has 0 atom stereocenters. The lowest BCUT2D eigenvalue weighted by Crippen LogP contribution is -1.99. The highest BCUT2D eigenvalue weighted by atomic mass is 16.5. The Hall–Kier alpha value is -1.90. The van der Waals surface area contributed by atoms with Crippen molar-refractivity contribution in [2.45, 2.75) is 90.9 Å². The highest BCUT2D eigenvalue weighted by Crippen LogP contribution is 2.19. The zero-order valence-electron chi connectivity index (χ0n) is 18.0. The van der Waals surface area contributed by atoms with Crippen molar-refractivity contribution in [2.24, 2.45) is 0 Å². The van der Waals surface area contributed by atoms with E-state index in [1.54, 1.807) is 12.4 Å². The number of unbranched alkanes of at least 4 members (excludes halogenated alkanes) is 9. The lowest BCUT2D eigenvalue weighted by atomic mass is 10.0. The summed E-state index contributed by atoms with van der Waals surface area (Å²) in [5.74, 6) is 1.53. The zero-order chi connectivity index (χ0) is 19.9. The van der Waals surface area contributed by atoms with Crippen LogP contribution in [0.25, 0.3) is 11.4 Å². The van der Waals surface area contributed by atoms with Crippen LogP contribution in [0.5, 0.6) is 5.75 Å². The highest BCUT2D eigenvalue weighted by molar-refractivity contribution is 5.55. The summed E-state index contributed by atoms with van der Waals surface area (Å²) in [7, 11) is 0. The van der Waals surface area contributed by atoms with E-state index in [0.29, 0.717) is 0 Å².